The molecule has 0 radical (unpaired) electrons. The molecule has 0 saturated heterocycles. The smallest absolute Gasteiger partial charge is 0.321 e. The molecule has 1 aromatic heterocycles. The molecule has 0 saturated carbocycles. The predicted molar refractivity (Wildman–Crippen MR) is 73.7 cm³/mol. The molecule has 9 heteroatoms. The van der Waals surface area contributed by atoms with E-state index in [1.165, 1.54) is 11.8 Å². The lowest BCUT2D eigenvalue weighted by molar-refractivity contribution is -0.142. The summed E-state index contributed by atoms with van der Waals surface area (Å²) in [5, 5.41) is 18.3. The van der Waals surface area contributed by atoms with Crippen molar-refractivity contribution in [2.45, 2.75) is 23.7 Å². The number of rotatable bonds is 8. The quantitative estimate of drug-likeness (QED) is 0.471. The van der Waals surface area contributed by atoms with Gasteiger partial charge in [-0.15, -0.1) is 0 Å². The average Bonchev–Trinajstić information content (AvgIpc) is 2.79. The van der Waals surface area contributed by atoms with Crippen LogP contribution in [0.3, 0.4) is 0 Å². The molecule has 1 unspecified atom stereocenters. The second kappa shape index (κ2) is 7.27. The lowest BCUT2D eigenvalue weighted by Crippen LogP contribution is -2.37. The minimum atomic E-state index is -1.07. The van der Waals surface area contributed by atoms with E-state index in [9.17, 15) is 9.59 Å². The predicted octanol–water partition coefficient (Wildman–Crippen LogP) is -0.529. The van der Waals surface area contributed by atoms with Crippen molar-refractivity contribution in [3.05, 3.63) is 11.9 Å². The van der Waals surface area contributed by atoms with Crippen molar-refractivity contribution < 1.29 is 19.8 Å². The van der Waals surface area contributed by atoms with E-state index < -0.39 is 24.0 Å². The van der Waals surface area contributed by atoms with E-state index in [4.69, 9.17) is 15.9 Å². The molecule has 0 aliphatic rings. The van der Waals surface area contributed by atoms with Gasteiger partial charge in [0.15, 0.2) is 5.16 Å². The molecule has 1 aromatic rings. The van der Waals surface area contributed by atoms with Crippen molar-refractivity contribution in [2.24, 2.45) is 5.73 Å². The van der Waals surface area contributed by atoms with Crippen LogP contribution in [0.15, 0.2) is 11.4 Å². The number of aromatic nitrogens is 2. The van der Waals surface area contributed by atoms with Gasteiger partial charge in [-0.25, -0.2) is 4.98 Å². The summed E-state index contributed by atoms with van der Waals surface area (Å²) >= 11 is 1.19. The van der Waals surface area contributed by atoms with Crippen LogP contribution in [-0.2, 0) is 16.0 Å². The number of carbonyl (C=O) groups is 2. The highest BCUT2D eigenvalue weighted by atomic mass is 32.2. The zero-order chi connectivity index (χ0) is 15.3. The van der Waals surface area contributed by atoms with Gasteiger partial charge in [0, 0.05) is 24.1 Å². The average molecular weight is 302 g/mol. The van der Waals surface area contributed by atoms with Gasteiger partial charge >= 0.3 is 11.9 Å². The molecule has 0 aliphatic carbocycles. The summed E-state index contributed by atoms with van der Waals surface area (Å²) in [5.41, 5.74) is 6.06. The molecule has 1 heterocycles. The van der Waals surface area contributed by atoms with Crippen LogP contribution in [0.5, 0.6) is 0 Å². The van der Waals surface area contributed by atoms with Crippen molar-refractivity contribution in [1.82, 2.24) is 14.9 Å². The normalized spacial score (nSPS) is 14.2. The fourth-order valence-corrected chi connectivity index (χ4v) is 2.27. The first-order valence-electron chi connectivity index (χ1n) is 5.85. The summed E-state index contributed by atoms with van der Waals surface area (Å²) in [6.45, 7) is 0. The Kier molecular flexibility index (Phi) is 5.99. The minimum Gasteiger partial charge on any atom is -0.480 e. The third-order valence-corrected chi connectivity index (χ3v) is 3.65. The van der Waals surface area contributed by atoms with Crippen LogP contribution in [0.2, 0.25) is 0 Å². The number of H-pyrrole nitrogens is 1. The van der Waals surface area contributed by atoms with Gasteiger partial charge in [-0.05, 0) is 14.1 Å². The number of nitrogens with one attached hydrogen (secondary N) is 1. The van der Waals surface area contributed by atoms with E-state index in [1.54, 1.807) is 25.2 Å². The number of carboxylic acid groups (broad SMARTS) is 2. The second-order valence-electron chi connectivity index (χ2n) is 4.49. The van der Waals surface area contributed by atoms with Crippen molar-refractivity contribution in [1.29, 1.82) is 0 Å². The van der Waals surface area contributed by atoms with Crippen LogP contribution < -0.4 is 5.73 Å². The maximum Gasteiger partial charge on any atom is 0.321 e. The molecule has 112 valence electrons. The van der Waals surface area contributed by atoms with Gasteiger partial charge in [-0.1, -0.05) is 11.8 Å². The van der Waals surface area contributed by atoms with E-state index in [0.717, 1.165) is 0 Å². The van der Waals surface area contributed by atoms with Gasteiger partial charge in [0.25, 0.3) is 0 Å². The number of thioether (sulfide) groups is 1. The topological polar surface area (TPSA) is 133 Å². The van der Waals surface area contributed by atoms with E-state index in [0.29, 0.717) is 17.3 Å². The lowest BCUT2D eigenvalue weighted by atomic mass is 10.1. The zero-order valence-corrected chi connectivity index (χ0v) is 12.1. The third kappa shape index (κ3) is 4.83. The SMILES string of the molecule is CN(C)[C@@H](Cc1cnc(SCC(N)C(=O)O)[nH]1)C(=O)O. The molecular weight excluding hydrogens is 284 g/mol. The van der Waals surface area contributed by atoms with E-state index in [1.807, 2.05) is 0 Å². The van der Waals surface area contributed by atoms with E-state index in [2.05, 4.69) is 9.97 Å². The van der Waals surface area contributed by atoms with Crippen LogP contribution in [0.25, 0.3) is 0 Å². The Balaban J connectivity index is 2.59. The van der Waals surface area contributed by atoms with Gasteiger partial charge in [-0.2, -0.15) is 0 Å². The number of nitrogens with zero attached hydrogens (tertiary/aromatic N) is 2. The Labute approximate surface area is 120 Å². The largest absolute Gasteiger partial charge is 0.480 e. The molecule has 2 atom stereocenters. The van der Waals surface area contributed by atoms with Crippen molar-refractivity contribution in [3.63, 3.8) is 0 Å². The lowest BCUT2D eigenvalue weighted by Gasteiger charge is -2.18. The van der Waals surface area contributed by atoms with Crippen molar-refractivity contribution in [2.75, 3.05) is 19.8 Å². The molecule has 0 amide bonds. The number of hydrogen-bond acceptors (Lipinski definition) is 6. The third-order valence-electron chi connectivity index (χ3n) is 2.64. The van der Waals surface area contributed by atoms with E-state index in [-0.39, 0.29) is 5.75 Å². The fraction of sp³-hybridized carbons (Fsp3) is 0.545. The van der Waals surface area contributed by atoms with Crippen LogP contribution >= 0.6 is 11.8 Å². The number of nitrogens with two attached hydrogens (primary N) is 1. The molecule has 0 bridgehead atoms. The van der Waals surface area contributed by atoms with Gasteiger partial charge in [0.1, 0.15) is 12.1 Å². The number of hydrogen-bond donors (Lipinski definition) is 4. The van der Waals surface area contributed by atoms with Gasteiger partial charge < -0.3 is 20.9 Å². The molecular formula is C11H18N4O4S. The zero-order valence-electron chi connectivity index (χ0n) is 11.2. The summed E-state index contributed by atoms with van der Waals surface area (Å²) < 4.78 is 0. The summed E-state index contributed by atoms with van der Waals surface area (Å²) in [6.07, 6.45) is 1.84. The maximum atomic E-state index is 11.1. The summed E-state index contributed by atoms with van der Waals surface area (Å²) in [6, 6.07) is -1.60. The Morgan fingerprint density at radius 2 is 2.10 bits per heavy atom. The molecule has 5 N–H and O–H groups in total. The van der Waals surface area contributed by atoms with Crippen molar-refractivity contribution in [3.8, 4) is 0 Å². The Morgan fingerprint density at radius 3 is 2.60 bits per heavy atom. The summed E-state index contributed by atoms with van der Waals surface area (Å²) in [7, 11) is 3.38. The molecule has 0 aliphatic heterocycles. The van der Waals surface area contributed by atoms with Gasteiger partial charge in [-0.3, -0.25) is 14.5 Å². The van der Waals surface area contributed by atoms with E-state index >= 15 is 0 Å². The molecule has 20 heavy (non-hydrogen) atoms. The Bertz CT molecular complexity index is 477. The highest BCUT2D eigenvalue weighted by molar-refractivity contribution is 7.99. The molecule has 0 fully saturated rings. The number of aliphatic carboxylic acids is 2. The first kappa shape index (κ1) is 16.5. The number of carboxylic acids is 2. The highest BCUT2D eigenvalue weighted by Gasteiger charge is 2.21. The molecule has 8 nitrogen and oxygen atoms in total. The Hall–Kier alpha value is -1.58. The maximum absolute atomic E-state index is 11.1. The van der Waals surface area contributed by atoms with Gasteiger partial charge in [0.05, 0.1) is 0 Å². The van der Waals surface area contributed by atoms with Crippen LogP contribution in [0.1, 0.15) is 5.69 Å². The van der Waals surface area contributed by atoms with Gasteiger partial charge in [0.2, 0.25) is 0 Å². The first-order valence-corrected chi connectivity index (χ1v) is 6.84. The fourth-order valence-electron chi connectivity index (χ4n) is 1.45. The van der Waals surface area contributed by atoms with Crippen LogP contribution in [0, 0.1) is 0 Å². The second-order valence-corrected chi connectivity index (χ2v) is 5.50. The van der Waals surface area contributed by atoms with Crippen molar-refractivity contribution >= 4 is 23.7 Å². The first-order chi connectivity index (χ1) is 9.31. The Morgan fingerprint density at radius 1 is 1.45 bits per heavy atom. The van der Waals surface area contributed by atoms with Crippen LogP contribution in [0.4, 0.5) is 0 Å². The summed E-state index contributed by atoms with van der Waals surface area (Å²) in [4.78, 5) is 30.3. The minimum absolute atomic E-state index is 0.193. The molecule has 0 aromatic carbocycles. The number of likely N-dealkylation sites (N-methyl/N-ethyl adjacent to an activating group) is 1. The molecule has 0 spiro atoms. The van der Waals surface area contributed by atoms with Crippen LogP contribution in [-0.4, -0.2) is 69.0 Å². The molecule has 1 rings (SSSR count). The number of imidazole rings is 1. The monoisotopic (exact) mass is 302 g/mol. The standard InChI is InChI=1S/C11H18N4O4S/c1-15(2)8(10(18)19)3-6-4-13-11(14-6)20-5-7(12)9(16)17/h4,7-8H,3,5,12H2,1-2H3,(H,13,14)(H,16,17)(H,18,19)/t7?,8-/m0/s1. The summed E-state index contributed by atoms with van der Waals surface area (Å²) in [5.74, 6) is -1.78. The highest BCUT2D eigenvalue weighted by Crippen LogP contribution is 2.15. The number of aromatic amines is 1.